The number of aliphatic imine (C=N–C) groups is 1. The van der Waals surface area contributed by atoms with Crippen LogP contribution in [0, 0.1) is 5.92 Å². The van der Waals surface area contributed by atoms with Gasteiger partial charge in [0, 0.05) is 48.7 Å². The Kier molecular flexibility index (Phi) is 4.80. The highest BCUT2D eigenvalue weighted by molar-refractivity contribution is 6.10. The van der Waals surface area contributed by atoms with E-state index in [1.165, 1.54) is 19.4 Å². The summed E-state index contributed by atoms with van der Waals surface area (Å²) in [7, 11) is 0. The van der Waals surface area contributed by atoms with Crippen molar-refractivity contribution >= 4 is 22.7 Å². The molecule has 2 aromatic rings. The molecule has 5 heteroatoms. The van der Waals surface area contributed by atoms with Crippen LogP contribution in [0.5, 0.6) is 0 Å². The molecule has 5 nitrogen and oxygen atoms in total. The molecule has 3 heterocycles. The Labute approximate surface area is 154 Å². The predicted octanol–water partition coefficient (Wildman–Crippen LogP) is 3.51. The number of fused-ring (bicyclic) bond motifs is 3. The molecule has 0 saturated carbocycles. The topological polar surface area (TPSA) is 66.6 Å². The van der Waals surface area contributed by atoms with Gasteiger partial charge in [-0.05, 0) is 61.5 Å². The van der Waals surface area contributed by atoms with Gasteiger partial charge in [-0.1, -0.05) is 6.07 Å². The maximum atomic E-state index is 6.07. The molecule has 2 aliphatic heterocycles. The summed E-state index contributed by atoms with van der Waals surface area (Å²) in [6.07, 6.45) is 9.04. The number of rotatable bonds is 5. The molecule has 3 N–H and O–H groups in total. The molecule has 136 valence electrons. The SMILES string of the molecule is C=C(N=C/C(=C\N)c1ccc2[nH]ccc2c1)O[C@H]1CCN2CCC[C@@H]1C2. The van der Waals surface area contributed by atoms with Gasteiger partial charge in [0.15, 0.2) is 0 Å². The number of ether oxygens (including phenoxy) is 1. The minimum absolute atomic E-state index is 0.234. The zero-order valence-corrected chi connectivity index (χ0v) is 15.0. The average Bonchev–Trinajstić information content (AvgIpc) is 3.13. The first kappa shape index (κ1) is 16.9. The highest BCUT2D eigenvalue weighted by Crippen LogP contribution is 2.30. The average molecular weight is 350 g/mol. The number of nitrogens with two attached hydrogens (primary N) is 1. The molecule has 1 aromatic carbocycles. The summed E-state index contributed by atoms with van der Waals surface area (Å²) in [5.74, 6) is 1.07. The quantitative estimate of drug-likeness (QED) is 0.640. The molecule has 2 saturated heterocycles. The van der Waals surface area contributed by atoms with Crippen LogP contribution in [0.3, 0.4) is 0 Å². The van der Waals surface area contributed by atoms with Gasteiger partial charge in [-0.25, -0.2) is 4.99 Å². The molecule has 2 aliphatic rings. The zero-order chi connectivity index (χ0) is 17.9. The van der Waals surface area contributed by atoms with Crippen molar-refractivity contribution in [2.45, 2.75) is 25.4 Å². The number of aromatic nitrogens is 1. The third-order valence-corrected chi connectivity index (χ3v) is 5.50. The maximum absolute atomic E-state index is 6.07. The van der Waals surface area contributed by atoms with Crippen molar-refractivity contribution in [3.63, 3.8) is 0 Å². The van der Waals surface area contributed by atoms with Crippen molar-refractivity contribution in [3.05, 3.63) is 54.7 Å². The number of aromatic amines is 1. The first-order chi connectivity index (χ1) is 12.7. The Balaban J connectivity index is 1.41. The van der Waals surface area contributed by atoms with E-state index in [1.54, 1.807) is 12.4 Å². The lowest BCUT2D eigenvalue weighted by atomic mass is 9.87. The fourth-order valence-corrected chi connectivity index (χ4v) is 4.09. The van der Waals surface area contributed by atoms with E-state index in [-0.39, 0.29) is 6.10 Å². The molecule has 2 fully saturated rings. The molecular formula is C21H26N4O. The Morgan fingerprint density at radius 1 is 1.31 bits per heavy atom. The minimum atomic E-state index is 0.234. The summed E-state index contributed by atoms with van der Waals surface area (Å²) in [4.78, 5) is 10.2. The Bertz CT molecular complexity index is 851. The van der Waals surface area contributed by atoms with E-state index in [1.807, 2.05) is 24.4 Å². The van der Waals surface area contributed by atoms with Gasteiger partial charge in [0.05, 0.1) is 0 Å². The van der Waals surface area contributed by atoms with E-state index in [9.17, 15) is 0 Å². The van der Waals surface area contributed by atoms with Crippen LogP contribution in [0.4, 0.5) is 0 Å². The summed E-state index contributed by atoms with van der Waals surface area (Å²) in [6, 6.07) is 8.22. The molecule has 2 bridgehead atoms. The zero-order valence-electron chi connectivity index (χ0n) is 15.0. The number of hydrogen-bond donors (Lipinski definition) is 2. The fourth-order valence-electron chi connectivity index (χ4n) is 4.09. The molecule has 1 aromatic heterocycles. The number of nitrogens with one attached hydrogen (secondary N) is 1. The van der Waals surface area contributed by atoms with Gasteiger partial charge in [-0.3, -0.25) is 0 Å². The van der Waals surface area contributed by atoms with Gasteiger partial charge in [0.1, 0.15) is 6.10 Å². The number of nitrogens with zero attached hydrogens (tertiary/aromatic N) is 2. The molecule has 0 amide bonds. The fraction of sp³-hybridized carbons (Fsp3) is 0.381. The summed E-state index contributed by atoms with van der Waals surface area (Å²) in [6.45, 7) is 7.48. The van der Waals surface area contributed by atoms with Gasteiger partial charge < -0.3 is 20.4 Å². The monoisotopic (exact) mass is 350 g/mol. The third kappa shape index (κ3) is 3.53. The van der Waals surface area contributed by atoms with Gasteiger partial charge >= 0.3 is 0 Å². The highest BCUT2D eigenvalue weighted by Gasteiger charge is 2.33. The van der Waals surface area contributed by atoms with Crippen LogP contribution < -0.4 is 5.73 Å². The normalized spacial score (nSPS) is 26.3. The number of hydrogen-bond acceptors (Lipinski definition) is 4. The van der Waals surface area contributed by atoms with E-state index < -0.39 is 0 Å². The smallest absolute Gasteiger partial charge is 0.205 e. The molecule has 0 spiro atoms. The minimum Gasteiger partial charge on any atom is -0.474 e. The van der Waals surface area contributed by atoms with Crippen molar-refractivity contribution in [2.75, 3.05) is 19.6 Å². The number of benzene rings is 1. The van der Waals surface area contributed by atoms with Crippen molar-refractivity contribution < 1.29 is 4.74 Å². The summed E-state index contributed by atoms with van der Waals surface area (Å²) in [5.41, 5.74) is 8.81. The largest absolute Gasteiger partial charge is 0.474 e. The van der Waals surface area contributed by atoms with E-state index in [0.29, 0.717) is 11.8 Å². The molecule has 0 aliphatic carbocycles. The molecule has 1 unspecified atom stereocenters. The molecular weight excluding hydrogens is 324 g/mol. The standard InChI is InChI=1S/C21H26N4O/c1-15(26-21-7-10-25-9-2-3-18(21)14-25)24-13-19(12-22)16-4-5-20-17(11-16)6-8-23-20/h4-6,8,11-13,18,21,23H,1-3,7,9-10,14,22H2/b19-12+,24-13?/t18-,21+/m1/s1. The van der Waals surface area contributed by atoms with Gasteiger partial charge in [-0.2, -0.15) is 0 Å². The number of H-pyrrole nitrogens is 1. The molecule has 3 atom stereocenters. The number of piperidine rings is 2. The second kappa shape index (κ2) is 7.38. The maximum Gasteiger partial charge on any atom is 0.205 e. The second-order valence-corrected chi connectivity index (χ2v) is 7.20. The predicted molar refractivity (Wildman–Crippen MR) is 107 cm³/mol. The van der Waals surface area contributed by atoms with Gasteiger partial charge in [0.2, 0.25) is 5.88 Å². The van der Waals surface area contributed by atoms with E-state index in [4.69, 9.17) is 10.5 Å². The summed E-state index contributed by atoms with van der Waals surface area (Å²) < 4.78 is 6.07. The Hall–Kier alpha value is -2.53. The van der Waals surface area contributed by atoms with E-state index >= 15 is 0 Å². The lowest BCUT2D eigenvalue weighted by Crippen LogP contribution is -2.47. The summed E-state index contributed by atoms with van der Waals surface area (Å²) >= 11 is 0. The van der Waals surface area contributed by atoms with Crippen LogP contribution in [-0.2, 0) is 4.74 Å². The summed E-state index contributed by atoms with van der Waals surface area (Å²) in [5, 5.41) is 1.15. The van der Waals surface area contributed by atoms with Crippen LogP contribution in [0.25, 0.3) is 16.5 Å². The van der Waals surface area contributed by atoms with Gasteiger partial charge in [-0.15, -0.1) is 0 Å². The van der Waals surface area contributed by atoms with Crippen LogP contribution in [0.2, 0.25) is 0 Å². The molecule has 4 rings (SSSR count). The van der Waals surface area contributed by atoms with Crippen molar-refractivity contribution in [1.82, 2.24) is 9.88 Å². The first-order valence-electron chi connectivity index (χ1n) is 9.34. The van der Waals surface area contributed by atoms with Crippen LogP contribution in [0.15, 0.2) is 54.1 Å². The second-order valence-electron chi connectivity index (χ2n) is 7.20. The van der Waals surface area contributed by atoms with Crippen LogP contribution in [0.1, 0.15) is 24.8 Å². The first-order valence-corrected chi connectivity index (χ1v) is 9.34. The Morgan fingerprint density at radius 3 is 3.12 bits per heavy atom. The highest BCUT2D eigenvalue weighted by atomic mass is 16.5. The van der Waals surface area contributed by atoms with Crippen molar-refractivity contribution in [2.24, 2.45) is 16.6 Å². The van der Waals surface area contributed by atoms with Gasteiger partial charge in [0.25, 0.3) is 0 Å². The molecule has 0 radical (unpaired) electrons. The van der Waals surface area contributed by atoms with E-state index in [0.717, 1.165) is 41.5 Å². The Morgan fingerprint density at radius 2 is 2.23 bits per heavy atom. The van der Waals surface area contributed by atoms with Crippen molar-refractivity contribution in [1.29, 1.82) is 0 Å². The number of allylic oxidation sites excluding steroid dienone is 1. The lowest BCUT2D eigenvalue weighted by Gasteiger charge is -2.42. The van der Waals surface area contributed by atoms with Crippen LogP contribution in [-0.4, -0.2) is 41.8 Å². The lowest BCUT2D eigenvalue weighted by molar-refractivity contribution is -0.0204. The third-order valence-electron chi connectivity index (χ3n) is 5.50. The van der Waals surface area contributed by atoms with Crippen LogP contribution >= 0.6 is 0 Å². The molecule has 26 heavy (non-hydrogen) atoms. The van der Waals surface area contributed by atoms with Crippen molar-refractivity contribution in [3.8, 4) is 0 Å². The van der Waals surface area contributed by atoms with E-state index in [2.05, 4.69) is 27.5 Å².